The van der Waals surface area contributed by atoms with Crippen LogP contribution < -0.4 is 10.7 Å². The summed E-state index contributed by atoms with van der Waals surface area (Å²) in [5.74, 6) is -1.21. The van der Waals surface area contributed by atoms with Crippen LogP contribution in [0.5, 0.6) is 0 Å². The van der Waals surface area contributed by atoms with Crippen LogP contribution in [-0.2, 0) is 15.8 Å². The van der Waals surface area contributed by atoms with Gasteiger partial charge in [-0.1, -0.05) is 41.4 Å². The number of hydrazone groups is 1. The molecule has 2 amide bonds. The van der Waals surface area contributed by atoms with Crippen molar-refractivity contribution >= 4 is 46.9 Å². The zero-order chi connectivity index (χ0) is 20.7. The van der Waals surface area contributed by atoms with E-state index in [0.29, 0.717) is 10.6 Å². The summed E-state index contributed by atoms with van der Waals surface area (Å²) >= 11 is 11.7. The van der Waals surface area contributed by atoms with E-state index in [1.807, 2.05) is 0 Å². The summed E-state index contributed by atoms with van der Waals surface area (Å²) in [5, 5.41) is 6.40. The fourth-order valence-electron chi connectivity index (χ4n) is 2.05. The number of rotatable bonds is 6. The molecule has 148 valence electrons. The molecule has 0 aromatic heterocycles. The van der Waals surface area contributed by atoms with E-state index in [2.05, 4.69) is 15.8 Å². The first-order valence-corrected chi connectivity index (χ1v) is 8.65. The molecule has 2 N–H and O–H groups in total. The van der Waals surface area contributed by atoms with E-state index in [4.69, 9.17) is 23.2 Å². The van der Waals surface area contributed by atoms with Crippen molar-refractivity contribution in [3.63, 3.8) is 0 Å². The maximum atomic E-state index is 12.7. The second kappa shape index (κ2) is 9.57. The van der Waals surface area contributed by atoms with Crippen molar-refractivity contribution in [1.82, 2.24) is 5.43 Å². The number of benzene rings is 2. The number of amides is 2. The van der Waals surface area contributed by atoms with Crippen LogP contribution in [0.3, 0.4) is 0 Å². The van der Waals surface area contributed by atoms with Crippen molar-refractivity contribution < 1.29 is 22.8 Å². The summed E-state index contributed by atoms with van der Waals surface area (Å²) in [4.78, 5) is 23.6. The largest absolute Gasteiger partial charge is 0.416 e. The van der Waals surface area contributed by atoms with Crippen LogP contribution >= 0.6 is 23.2 Å². The number of alkyl halides is 3. The van der Waals surface area contributed by atoms with Crippen LogP contribution in [0.4, 0.5) is 18.9 Å². The number of nitrogens with zero attached hydrogens (tertiary/aromatic N) is 1. The summed E-state index contributed by atoms with van der Waals surface area (Å²) in [6.07, 6.45) is -3.70. The minimum atomic E-state index is -4.57. The van der Waals surface area contributed by atoms with Crippen LogP contribution in [-0.4, -0.2) is 18.0 Å². The molecular weight excluding hydrogens is 418 g/mol. The van der Waals surface area contributed by atoms with Gasteiger partial charge in [0.25, 0.3) is 0 Å². The molecule has 2 aromatic carbocycles. The predicted octanol–water partition coefficient (Wildman–Crippen LogP) is 4.88. The van der Waals surface area contributed by atoms with Gasteiger partial charge in [-0.2, -0.15) is 18.3 Å². The number of nitrogens with one attached hydrogen (secondary N) is 2. The van der Waals surface area contributed by atoms with E-state index in [0.717, 1.165) is 18.2 Å². The lowest BCUT2D eigenvalue weighted by molar-refractivity contribution is -0.137. The number of anilines is 1. The Morgan fingerprint density at radius 3 is 2.36 bits per heavy atom. The lowest BCUT2D eigenvalue weighted by Crippen LogP contribution is -2.21. The summed E-state index contributed by atoms with van der Waals surface area (Å²) in [6.45, 7) is 0. The predicted molar refractivity (Wildman–Crippen MR) is 102 cm³/mol. The molecule has 0 saturated carbocycles. The Balaban J connectivity index is 1.85. The van der Waals surface area contributed by atoms with Crippen LogP contribution in [0.25, 0.3) is 0 Å². The van der Waals surface area contributed by atoms with Crippen LogP contribution in [0.2, 0.25) is 10.0 Å². The van der Waals surface area contributed by atoms with Gasteiger partial charge in [0, 0.05) is 23.4 Å². The quantitative estimate of drug-likeness (QED) is 0.505. The molecule has 0 radical (unpaired) electrons. The zero-order valence-corrected chi connectivity index (χ0v) is 15.7. The first kappa shape index (κ1) is 21.7. The fraction of sp³-hybridized carbons (Fsp3) is 0.167. The highest BCUT2D eigenvalue weighted by Gasteiger charge is 2.31. The molecule has 0 aliphatic heterocycles. The van der Waals surface area contributed by atoms with Crippen molar-refractivity contribution in [2.24, 2.45) is 5.10 Å². The van der Waals surface area contributed by atoms with Gasteiger partial charge in [0.1, 0.15) is 0 Å². The van der Waals surface area contributed by atoms with Crippen molar-refractivity contribution in [3.05, 3.63) is 63.6 Å². The van der Waals surface area contributed by atoms with Gasteiger partial charge in [0.05, 0.1) is 22.5 Å². The van der Waals surface area contributed by atoms with Gasteiger partial charge < -0.3 is 5.32 Å². The number of carbonyl (C=O) groups excluding carboxylic acids is 2. The number of carbonyl (C=O) groups is 2. The smallest absolute Gasteiger partial charge is 0.325 e. The van der Waals surface area contributed by atoms with Crippen molar-refractivity contribution in [2.45, 2.75) is 19.0 Å². The third-order valence-corrected chi connectivity index (χ3v) is 4.12. The molecule has 10 heteroatoms. The zero-order valence-electron chi connectivity index (χ0n) is 14.2. The molecule has 0 aliphatic carbocycles. The fourth-order valence-corrected chi connectivity index (χ4v) is 2.40. The first-order valence-electron chi connectivity index (χ1n) is 7.90. The highest BCUT2D eigenvalue weighted by atomic mass is 35.5. The van der Waals surface area contributed by atoms with Gasteiger partial charge in [-0.25, -0.2) is 5.43 Å². The molecule has 2 aromatic rings. The first-order chi connectivity index (χ1) is 13.2. The Labute approximate surface area is 168 Å². The molecule has 2 rings (SSSR count). The molecule has 0 aliphatic rings. The van der Waals surface area contributed by atoms with Gasteiger partial charge in [-0.15, -0.1) is 0 Å². The van der Waals surface area contributed by atoms with E-state index < -0.39 is 23.6 Å². The second-order valence-corrected chi connectivity index (χ2v) is 6.37. The lowest BCUT2D eigenvalue weighted by Gasteiger charge is -2.11. The SMILES string of the molecule is O=C(CCC(=O)Nc1cc(C(F)(F)F)ccc1Cl)N/N=C/c1ccccc1Cl. The molecule has 5 nitrogen and oxygen atoms in total. The van der Waals surface area contributed by atoms with E-state index in [1.54, 1.807) is 24.3 Å². The maximum absolute atomic E-state index is 12.7. The minimum absolute atomic E-state index is 0.0462. The molecule has 0 saturated heterocycles. The van der Waals surface area contributed by atoms with Crippen molar-refractivity contribution in [2.75, 3.05) is 5.32 Å². The third-order valence-electron chi connectivity index (χ3n) is 3.45. The maximum Gasteiger partial charge on any atom is 0.416 e. The molecule has 28 heavy (non-hydrogen) atoms. The minimum Gasteiger partial charge on any atom is -0.325 e. The Kier molecular flexibility index (Phi) is 7.42. The van der Waals surface area contributed by atoms with Gasteiger partial charge in [0.15, 0.2) is 0 Å². The Morgan fingerprint density at radius 2 is 1.68 bits per heavy atom. The van der Waals surface area contributed by atoms with E-state index in [1.165, 1.54) is 6.21 Å². The van der Waals surface area contributed by atoms with Crippen LogP contribution in [0.15, 0.2) is 47.6 Å². The summed E-state index contributed by atoms with van der Waals surface area (Å²) in [5.41, 5.74) is 1.71. The van der Waals surface area contributed by atoms with Gasteiger partial charge in [0.2, 0.25) is 11.8 Å². The summed E-state index contributed by atoms with van der Waals surface area (Å²) < 4.78 is 38.2. The van der Waals surface area contributed by atoms with Crippen molar-refractivity contribution in [3.8, 4) is 0 Å². The average molecular weight is 432 g/mol. The Bertz CT molecular complexity index is 902. The standard InChI is InChI=1S/C18H14Cl2F3N3O2/c19-13-4-2-1-3-11(13)10-24-26-17(28)8-7-16(27)25-15-9-12(18(21,22)23)5-6-14(15)20/h1-6,9-10H,7-8H2,(H,25,27)(H,26,28)/b24-10+. The van der Waals surface area contributed by atoms with E-state index in [9.17, 15) is 22.8 Å². The van der Waals surface area contributed by atoms with Crippen molar-refractivity contribution in [1.29, 1.82) is 0 Å². The molecule has 0 bridgehead atoms. The third kappa shape index (κ3) is 6.54. The van der Waals surface area contributed by atoms with Crippen LogP contribution in [0, 0.1) is 0 Å². The molecule has 0 unspecified atom stereocenters. The van der Waals surface area contributed by atoms with E-state index in [-0.39, 0.29) is 23.6 Å². The number of hydrogen-bond donors (Lipinski definition) is 2. The monoisotopic (exact) mass is 431 g/mol. The normalized spacial score (nSPS) is 11.5. The van der Waals surface area contributed by atoms with Gasteiger partial charge in [-0.05, 0) is 24.3 Å². The van der Waals surface area contributed by atoms with E-state index >= 15 is 0 Å². The second-order valence-electron chi connectivity index (χ2n) is 5.56. The van der Waals surface area contributed by atoms with Gasteiger partial charge >= 0.3 is 6.18 Å². The topological polar surface area (TPSA) is 70.6 Å². The summed E-state index contributed by atoms with van der Waals surface area (Å²) in [7, 11) is 0. The Hall–Kier alpha value is -2.58. The number of hydrogen-bond acceptors (Lipinski definition) is 3. The highest BCUT2D eigenvalue weighted by Crippen LogP contribution is 2.33. The Morgan fingerprint density at radius 1 is 1.00 bits per heavy atom. The molecule has 0 atom stereocenters. The lowest BCUT2D eigenvalue weighted by atomic mass is 10.2. The summed E-state index contributed by atoms with van der Waals surface area (Å²) in [6, 6.07) is 9.43. The van der Waals surface area contributed by atoms with Gasteiger partial charge in [-0.3, -0.25) is 9.59 Å². The molecule has 0 heterocycles. The molecule has 0 spiro atoms. The molecule has 0 fully saturated rings. The highest BCUT2D eigenvalue weighted by molar-refractivity contribution is 6.33. The average Bonchev–Trinajstić information content (AvgIpc) is 2.62. The number of halogens is 5. The molecular formula is C18H14Cl2F3N3O2. The van der Waals surface area contributed by atoms with Crippen LogP contribution in [0.1, 0.15) is 24.0 Å².